The van der Waals surface area contributed by atoms with Crippen LogP contribution < -0.4 is 5.32 Å². The number of imidazole rings is 1. The monoisotopic (exact) mass is 344 g/mol. The lowest BCUT2D eigenvalue weighted by atomic mass is 10.1. The zero-order chi connectivity index (χ0) is 16.5. The van der Waals surface area contributed by atoms with Gasteiger partial charge < -0.3 is 14.8 Å². The standard InChI is InChI=1S/C18H21ClN4O/c19-16-5-1-4-15-14(16)6-7-17(15)21-18(24)23-9-2-3-13(23)11-22-10-8-20-12-22/h1,4-5,8,10,12-13,17H,2-3,6-7,9,11H2,(H,21,24)/t13-,17-/m0/s1. The van der Waals surface area contributed by atoms with E-state index < -0.39 is 0 Å². The molecule has 1 aromatic heterocycles. The number of hydrogen-bond acceptors (Lipinski definition) is 2. The molecule has 1 aromatic carbocycles. The van der Waals surface area contributed by atoms with E-state index in [9.17, 15) is 4.79 Å². The maximum Gasteiger partial charge on any atom is 0.318 e. The summed E-state index contributed by atoms with van der Waals surface area (Å²) < 4.78 is 2.04. The number of carbonyl (C=O) groups is 1. The number of amides is 2. The Kier molecular flexibility index (Phi) is 4.19. The van der Waals surface area contributed by atoms with Gasteiger partial charge in [0.15, 0.2) is 0 Å². The highest BCUT2D eigenvalue weighted by Crippen LogP contribution is 2.35. The second-order valence-electron chi connectivity index (χ2n) is 6.60. The van der Waals surface area contributed by atoms with Crippen LogP contribution in [0.4, 0.5) is 4.79 Å². The molecule has 4 rings (SSSR count). The predicted molar refractivity (Wildman–Crippen MR) is 93.0 cm³/mol. The third kappa shape index (κ3) is 2.88. The van der Waals surface area contributed by atoms with Crippen molar-refractivity contribution in [2.75, 3.05) is 6.54 Å². The molecule has 2 amide bonds. The first-order valence-electron chi connectivity index (χ1n) is 8.52. The van der Waals surface area contributed by atoms with E-state index in [1.807, 2.05) is 34.1 Å². The Morgan fingerprint density at radius 1 is 1.38 bits per heavy atom. The summed E-state index contributed by atoms with van der Waals surface area (Å²) in [6.07, 6.45) is 9.48. The van der Waals surface area contributed by atoms with Gasteiger partial charge in [0.05, 0.1) is 18.4 Å². The summed E-state index contributed by atoms with van der Waals surface area (Å²) in [4.78, 5) is 18.8. The molecule has 5 nitrogen and oxygen atoms in total. The summed E-state index contributed by atoms with van der Waals surface area (Å²) in [5.74, 6) is 0. The lowest BCUT2D eigenvalue weighted by molar-refractivity contribution is 0.183. The second-order valence-corrected chi connectivity index (χ2v) is 7.00. The molecule has 24 heavy (non-hydrogen) atoms. The molecule has 0 radical (unpaired) electrons. The van der Waals surface area contributed by atoms with Crippen molar-refractivity contribution in [3.8, 4) is 0 Å². The van der Waals surface area contributed by atoms with E-state index in [0.717, 1.165) is 43.8 Å². The molecule has 0 saturated carbocycles. The minimum atomic E-state index is 0.0374. The van der Waals surface area contributed by atoms with Crippen LogP contribution in [-0.4, -0.2) is 33.1 Å². The van der Waals surface area contributed by atoms with E-state index >= 15 is 0 Å². The van der Waals surface area contributed by atoms with Gasteiger partial charge in [0, 0.05) is 30.5 Å². The van der Waals surface area contributed by atoms with Crippen molar-refractivity contribution >= 4 is 17.6 Å². The summed E-state index contributed by atoms with van der Waals surface area (Å²) in [6, 6.07) is 6.30. The number of fused-ring (bicyclic) bond motifs is 1. The van der Waals surface area contributed by atoms with Crippen molar-refractivity contribution in [2.24, 2.45) is 0 Å². The van der Waals surface area contributed by atoms with Gasteiger partial charge >= 0.3 is 6.03 Å². The molecule has 1 saturated heterocycles. The predicted octanol–water partition coefficient (Wildman–Crippen LogP) is 3.40. The van der Waals surface area contributed by atoms with Crippen LogP contribution in [0.5, 0.6) is 0 Å². The quantitative estimate of drug-likeness (QED) is 0.927. The molecule has 0 bridgehead atoms. The van der Waals surface area contributed by atoms with Crippen LogP contribution in [0.2, 0.25) is 5.02 Å². The fraction of sp³-hybridized carbons (Fsp3) is 0.444. The molecule has 1 N–H and O–H groups in total. The van der Waals surface area contributed by atoms with Gasteiger partial charge in [-0.2, -0.15) is 0 Å². The van der Waals surface area contributed by atoms with Crippen molar-refractivity contribution < 1.29 is 4.79 Å². The SMILES string of the molecule is O=C(N[C@H]1CCc2c(Cl)cccc21)N1CCC[C@H]1Cn1ccnc1. The van der Waals surface area contributed by atoms with E-state index in [1.165, 1.54) is 11.1 Å². The minimum absolute atomic E-state index is 0.0374. The third-order valence-corrected chi connectivity index (χ3v) is 5.48. The highest BCUT2D eigenvalue weighted by Gasteiger charge is 2.32. The number of rotatable bonds is 3. The molecule has 2 aromatic rings. The Morgan fingerprint density at radius 2 is 2.29 bits per heavy atom. The number of nitrogens with one attached hydrogen (secondary N) is 1. The number of likely N-dealkylation sites (tertiary alicyclic amines) is 1. The molecule has 6 heteroatoms. The van der Waals surface area contributed by atoms with Crippen LogP contribution in [0.1, 0.15) is 36.4 Å². The highest BCUT2D eigenvalue weighted by atomic mass is 35.5. The Morgan fingerprint density at radius 3 is 3.12 bits per heavy atom. The lowest BCUT2D eigenvalue weighted by Crippen LogP contribution is -2.45. The maximum atomic E-state index is 12.8. The van der Waals surface area contributed by atoms with E-state index in [2.05, 4.69) is 16.4 Å². The molecule has 1 fully saturated rings. The number of urea groups is 1. The Balaban J connectivity index is 1.44. The minimum Gasteiger partial charge on any atom is -0.335 e. The molecular weight excluding hydrogens is 324 g/mol. The first-order valence-corrected chi connectivity index (χ1v) is 8.90. The van der Waals surface area contributed by atoms with Gasteiger partial charge in [0.2, 0.25) is 0 Å². The highest BCUT2D eigenvalue weighted by molar-refractivity contribution is 6.31. The summed E-state index contributed by atoms with van der Waals surface area (Å²) in [5, 5.41) is 4.03. The first kappa shape index (κ1) is 15.5. The summed E-state index contributed by atoms with van der Waals surface area (Å²) in [7, 11) is 0. The molecule has 1 aliphatic heterocycles. The number of hydrogen-bond donors (Lipinski definition) is 1. The zero-order valence-corrected chi connectivity index (χ0v) is 14.2. The van der Waals surface area contributed by atoms with E-state index in [0.29, 0.717) is 0 Å². The van der Waals surface area contributed by atoms with Crippen LogP contribution in [0.15, 0.2) is 36.9 Å². The largest absolute Gasteiger partial charge is 0.335 e. The molecule has 0 unspecified atom stereocenters. The Bertz CT molecular complexity index is 731. The number of nitrogens with zero attached hydrogens (tertiary/aromatic N) is 3. The van der Waals surface area contributed by atoms with Gasteiger partial charge in [-0.25, -0.2) is 9.78 Å². The Labute approximate surface area is 146 Å². The van der Waals surface area contributed by atoms with Gasteiger partial charge in [0.1, 0.15) is 0 Å². The van der Waals surface area contributed by atoms with Crippen LogP contribution >= 0.6 is 11.6 Å². The molecular formula is C18H21ClN4O. The third-order valence-electron chi connectivity index (χ3n) is 5.13. The molecule has 1 aliphatic carbocycles. The second kappa shape index (κ2) is 6.48. The molecule has 2 heterocycles. The van der Waals surface area contributed by atoms with E-state index in [4.69, 9.17) is 11.6 Å². The zero-order valence-electron chi connectivity index (χ0n) is 13.5. The number of benzene rings is 1. The number of carbonyl (C=O) groups excluding carboxylic acids is 1. The van der Waals surface area contributed by atoms with Gasteiger partial charge in [-0.05, 0) is 42.9 Å². The van der Waals surface area contributed by atoms with E-state index in [-0.39, 0.29) is 18.1 Å². The summed E-state index contributed by atoms with van der Waals surface area (Å²) in [6.45, 7) is 1.63. The van der Waals surface area contributed by atoms with Crippen LogP contribution in [0.3, 0.4) is 0 Å². The topological polar surface area (TPSA) is 50.2 Å². The van der Waals surface area contributed by atoms with Crippen molar-refractivity contribution in [3.05, 3.63) is 53.1 Å². The fourth-order valence-electron chi connectivity index (χ4n) is 3.92. The molecule has 126 valence electrons. The van der Waals surface area contributed by atoms with Gasteiger partial charge in [0.25, 0.3) is 0 Å². The van der Waals surface area contributed by atoms with Crippen molar-refractivity contribution in [3.63, 3.8) is 0 Å². The summed E-state index contributed by atoms with van der Waals surface area (Å²) >= 11 is 6.27. The lowest BCUT2D eigenvalue weighted by Gasteiger charge is -2.27. The van der Waals surface area contributed by atoms with Crippen molar-refractivity contribution in [2.45, 2.75) is 44.3 Å². The van der Waals surface area contributed by atoms with Crippen molar-refractivity contribution in [1.29, 1.82) is 0 Å². The number of halogens is 1. The van der Waals surface area contributed by atoms with Crippen LogP contribution in [0.25, 0.3) is 0 Å². The average Bonchev–Trinajstić information content (AvgIpc) is 3.30. The maximum absolute atomic E-state index is 12.8. The molecule has 2 atom stereocenters. The fourth-order valence-corrected chi connectivity index (χ4v) is 4.20. The van der Waals surface area contributed by atoms with Crippen molar-refractivity contribution in [1.82, 2.24) is 19.8 Å². The Hall–Kier alpha value is -2.01. The van der Waals surface area contributed by atoms with E-state index in [1.54, 1.807) is 6.20 Å². The smallest absolute Gasteiger partial charge is 0.318 e. The van der Waals surface area contributed by atoms with Gasteiger partial charge in [-0.15, -0.1) is 0 Å². The first-order chi connectivity index (χ1) is 11.7. The molecule has 2 aliphatic rings. The summed E-state index contributed by atoms with van der Waals surface area (Å²) in [5.41, 5.74) is 2.35. The van der Waals surface area contributed by atoms with Gasteiger partial charge in [-0.1, -0.05) is 23.7 Å². The average molecular weight is 345 g/mol. The molecule has 0 spiro atoms. The van der Waals surface area contributed by atoms with Gasteiger partial charge in [-0.3, -0.25) is 0 Å². The van der Waals surface area contributed by atoms with Crippen LogP contribution in [0, 0.1) is 0 Å². The number of aromatic nitrogens is 2. The van der Waals surface area contributed by atoms with Crippen LogP contribution in [-0.2, 0) is 13.0 Å². The normalized spacial score (nSPS) is 22.6.